The first kappa shape index (κ1) is 22.5. The zero-order chi connectivity index (χ0) is 18.7. The number of nitrogens with one attached hydrogen (secondary N) is 1. The van der Waals surface area contributed by atoms with Gasteiger partial charge in [0.15, 0.2) is 0 Å². The molecule has 0 heterocycles. The summed E-state index contributed by atoms with van der Waals surface area (Å²) in [5, 5.41) is 2.92. The Kier molecular flexibility index (Phi) is 7.74. The SMILES string of the molecule is CCOC1CC(N)(C(=O)NCC(C)Oc2cccc(OC)c2)C1(C)C.Cl. The number of methoxy groups -OCH3 is 1. The first-order chi connectivity index (χ1) is 11.7. The van der Waals surface area contributed by atoms with E-state index in [1.165, 1.54) is 0 Å². The Hall–Kier alpha value is -1.50. The maximum atomic E-state index is 12.6. The van der Waals surface area contributed by atoms with Gasteiger partial charge in [0.2, 0.25) is 5.91 Å². The topological polar surface area (TPSA) is 82.8 Å². The van der Waals surface area contributed by atoms with Crippen molar-refractivity contribution < 1.29 is 19.0 Å². The molecule has 1 amide bonds. The van der Waals surface area contributed by atoms with Crippen molar-refractivity contribution in [1.29, 1.82) is 0 Å². The van der Waals surface area contributed by atoms with Gasteiger partial charge in [0.1, 0.15) is 23.1 Å². The van der Waals surface area contributed by atoms with Gasteiger partial charge in [-0.25, -0.2) is 0 Å². The van der Waals surface area contributed by atoms with Crippen LogP contribution in [0.4, 0.5) is 0 Å². The number of ether oxygens (including phenoxy) is 3. The van der Waals surface area contributed by atoms with Crippen molar-refractivity contribution in [2.24, 2.45) is 11.1 Å². The second kappa shape index (κ2) is 8.93. The molecule has 0 aliphatic heterocycles. The molecule has 0 saturated heterocycles. The van der Waals surface area contributed by atoms with E-state index in [-0.39, 0.29) is 30.5 Å². The van der Waals surface area contributed by atoms with Gasteiger partial charge in [0, 0.05) is 24.5 Å². The number of rotatable bonds is 8. The summed E-state index contributed by atoms with van der Waals surface area (Å²) in [4.78, 5) is 12.6. The first-order valence-electron chi connectivity index (χ1n) is 8.74. The molecule has 1 aromatic carbocycles. The normalized spacial score (nSPS) is 24.6. The predicted molar refractivity (Wildman–Crippen MR) is 104 cm³/mol. The van der Waals surface area contributed by atoms with Gasteiger partial charge < -0.3 is 25.3 Å². The number of hydrogen-bond donors (Lipinski definition) is 2. The highest BCUT2D eigenvalue weighted by Gasteiger charge is 2.62. The predicted octanol–water partition coefficient (Wildman–Crippen LogP) is 2.53. The average molecular weight is 387 g/mol. The Balaban J connectivity index is 0.00000338. The third-order valence-electron chi connectivity index (χ3n) is 5.16. The Morgan fingerprint density at radius 1 is 1.38 bits per heavy atom. The van der Waals surface area contributed by atoms with Gasteiger partial charge in [-0.1, -0.05) is 19.9 Å². The lowest BCUT2D eigenvalue weighted by molar-refractivity contribution is -0.170. The molecule has 26 heavy (non-hydrogen) atoms. The molecule has 3 atom stereocenters. The van der Waals surface area contributed by atoms with E-state index in [1.807, 2.05) is 52.0 Å². The van der Waals surface area contributed by atoms with Crippen molar-refractivity contribution in [3.05, 3.63) is 24.3 Å². The van der Waals surface area contributed by atoms with Gasteiger partial charge in [-0.15, -0.1) is 12.4 Å². The standard InChI is InChI=1S/C19H30N2O4.ClH/c1-6-24-16-11-19(20,18(16,3)4)17(22)21-12-13(2)25-15-9-7-8-14(10-15)23-5;/h7-10,13,16H,6,11-12,20H2,1-5H3,(H,21,22);1H. The monoisotopic (exact) mass is 386 g/mol. The second-order valence-corrected chi connectivity index (χ2v) is 7.16. The number of carbonyl (C=O) groups excluding carboxylic acids is 1. The zero-order valence-electron chi connectivity index (χ0n) is 16.2. The van der Waals surface area contributed by atoms with E-state index < -0.39 is 11.0 Å². The number of halogens is 1. The lowest BCUT2D eigenvalue weighted by Gasteiger charge is -2.57. The summed E-state index contributed by atoms with van der Waals surface area (Å²) in [6.07, 6.45) is 0.356. The van der Waals surface area contributed by atoms with E-state index in [2.05, 4.69) is 5.32 Å². The summed E-state index contributed by atoms with van der Waals surface area (Å²) < 4.78 is 16.7. The second-order valence-electron chi connectivity index (χ2n) is 7.16. The smallest absolute Gasteiger partial charge is 0.240 e. The van der Waals surface area contributed by atoms with E-state index in [4.69, 9.17) is 19.9 Å². The molecule has 3 unspecified atom stereocenters. The highest BCUT2D eigenvalue weighted by molar-refractivity contribution is 5.88. The van der Waals surface area contributed by atoms with Gasteiger partial charge >= 0.3 is 0 Å². The van der Waals surface area contributed by atoms with Gasteiger partial charge in [-0.3, -0.25) is 4.79 Å². The quantitative estimate of drug-likeness (QED) is 0.717. The molecule has 1 saturated carbocycles. The van der Waals surface area contributed by atoms with E-state index in [9.17, 15) is 4.79 Å². The minimum Gasteiger partial charge on any atom is -0.497 e. The molecule has 1 aliphatic carbocycles. The van der Waals surface area contributed by atoms with Crippen LogP contribution < -0.4 is 20.5 Å². The third-order valence-corrected chi connectivity index (χ3v) is 5.16. The summed E-state index contributed by atoms with van der Waals surface area (Å²) in [7, 11) is 1.61. The third kappa shape index (κ3) is 4.42. The molecule has 2 rings (SSSR count). The molecular weight excluding hydrogens is 356 g/mol. The summed E-state index contributed by atoms with van der Waals surface area (Å²) in [6, 6.07) is 7.38. The summed E-state index contributed by atoms with van der Waals surface area (Å²) in [5.41, 5.74) is 5.06. The first-order valence-corrected chi connectivity index (χ1v) is 8.74. The van der Waals surface area contributed by atoms with E-state index in [1.54, 1.807) is 7.11 Å². The molecule has 0 bridgehead atoms. The number of benzene rings is 1. The van der Waals surface area contributed by atoms with Crippen LogP contribution >= 0.6 is 12.4 Å². The summed E-state index contributed by atoms with van der Waals surface area (Å²) in [5.74, 6) is 1.27. The molecule has 0 aromatic heterocycles. The number of nitrogens with two attached hydrogens (primary N) is 1. The summed E-state index contributed by atoms with van der Waals surface area (Å²) >= 11 is 0. The molecule has 3 N–H and O–H groups in total. The number of hydrogen-bond acceptors (Lipinski definition) is 5. The average Bonchev–Trinajstić information content (AvgIpc) is 2.59. The highest BCUT2D eigenvalue weighted by Crippen LogP contribution is 2.49. The molecule has 148 valence electrons. The summed E-state index contributed by atoms with van der Waals surface area (Å²) in [6.45, 7) is 8.81. The van der Waals surface area contributed by atoms with E-state index in [0.717, 1.165) is 5.75 Å². The van der Waals surface area contributed by atoms with Crippen molar-refractivity contribution in [1.82, 2.24) is 5.32 Å². The van der Waals surface area contributed by atoms with E-state index in [0.29, 0.717) is 25.3 Å². The van der Waals surface area contributed by atoms with Crippen LogP contribution in [0.2, 0.25) is 0 Å². The van der Waals surface area contributed by atoms with Crippen molar-refractivity contribution in [3.8, 4) is 11.5 Å². The van der Waals surface area contributed by atoms with Crippen molar-refractivity contribution in [3.63, 3.8) is 0 Å². The number of amides is 1. The minimum atomic E-state index is -0.914. The fourth-order valence-electron chi connectivity index (χ4n) is 3.16. The van der Waals surface area contributed by atoms with Crippen LogP contribution in [0.3, 0.4) is 0 Å². The van der Waals surface area contributed by atoms with Crippen molar-refractivity contribution in [2.45, 2.75) is 51.9 Å². The fourth-order valence-corrected chi connectivity index (χ4v) is 3.16. The molecule has 0 spiro atoms. The van der Waals surface area contributed by atoms with Crippen LogP contribution in [-0.4, -0.2) is 43.9 Å². The molecule has 6 nitrogen and oxygen atoms in total. The maximum Gasteiger partial charge on any atom is 0.240 e. The van der Waals surface area contributed by atoms with Gasteiger partial charge in [0.25, 0.3) is 0 Å². The van der Waals surface area contributed by atoms with E-state index >= 15 is 0 Å². The Labute approximate surface area is 162 Å². The maximum absolute atomic E-state index is 12.6. The van der Waals surface area contributed by atoms with Crippen molar-refractivity contribution in [2.75, 3.05) is 20.3 Å². The number of carbonyl (C=O) groups is 1. The molecule has 1 aromatic rings. The van der Waals surface area contributed by atoms with Crippen LogP contribution in [0, 0.1) is 5.41 Å². The Bertz CT molecular complexity index is 611. The molecular formula is C19H31ClN2O4. The zero-order valence-corrected chi connectivity index (χ0v) is 17.0. The highest BCUT2D eigenvalue weighted by atomic mass is 35.5. The van der Waals surface area contributed by atoms with Crippen LogP contribution in [-0.2, 0) is 9.53 Å². The van der Waals surface area contributed by atoms with Crippen LogP contribution in [0.25, 0.3) is 0 Å². The van der Waals surface area contributed by atoms with Crippen molar-refractivity contribution >= 4 is 18.3 Å². The molecule has 1 aliphatic rings. The van der Waals surface area contributed by atoms with Gasteiger partial charge in [-0.2, -0.15) is 0 Å². The van der Waals surface area contributed by atoms with Gasteiger partial charge in [-0.05, 0) is 26.0 Å². The van der Waals surface area contributed by atoms with Crippen LogP contribution in [0.5, 0.6) is 11.5 Å². The lowest BCUT2D eigenvalue weighted by Crippen LogP contribution is -2.76. The lowest BCUT2D eigenvalue weighted by atomic mass is 9.54. The largest absolute Gasteiger partial charge is 0.497 e. The molecule has 1 fully saturated rings. The van der Waals surface area contributed by atoms with Crippen LogP contribution in [0.1, 0.15) is 34.1 Å². The molecule has 7 heteroatoms. The Morgan fingerprint density at radius 2 is 2.04 bits per heavy atom. The van der Waals surface area contributed by atoms with Crippen LogP contribution in [0.15, 0.2) is 24.3 Å². The van der Waals surface area contributed by atoms with Gasteiger partial charge in [0.05, 0.1) is 19.8 Å². The molecule has 0 radical (unpaired) electrons. The Morgan fingerprint density at radius 3 is 2.62 bits per heavy atom. The minimum absolute atomic E-state index is 0. The fraction of sp³-hybridized carbons (Fsp3) is 0.632.